The van der Waals surface area contributed by atoms with E-state index in [4.69, 9.17) is 9.15 Å². The second kappa shape index (κ2) is 10.0. The summed E-state index contributed by atoms with van der Waals surface area (Å²) in [5.41, 5.74) is 1.82. The van der Waals surface area contributed by atoms with E-state index in [9.17, 15) is 4.79 Å². The first-order valence-electron chi connectivity index (χ1n) is 9.97. The fraction of sp³-hybridized carbons (Fsp3) is 0.125. The first-order valence-corrected chi connectivity index (χ1v) is 11.0. The highest BCUT2D eigenvalue weighted by atomic mass is 32.2. The summed E-state index contributed by atoms with van der Waals surface area (Å²) in [6, 6.07) is 18.7. The Balaban J connectivity index is 1.35. The van der Waals surface area contributed by atoms with Gasteiger partial charge in [0.15, 0.2) is 10.9 Å². The highest BCUT2D eigenvalue weighted by molar-refractivity contribution is 7.99. The molecule has 2 aromatic carbocycles. The third kappa shape index (κ3) is 5.28. The zero-order valence-electron chi connectivity index (χ0n) is 17.5. The number of thioether (sulfide) groups is 1. The summed E-state index contributed by atoms with van der Waals surface area (Å²) in [6.45, 7) is 6.31. The molecule has 0 saturated heterocycles. The normalized spacial score (nSPS) is 10.7. The number of ether oxygens (including phenoxy) is 1. The van der Waals surface area contributed by atoms with Gasteiger partial charge in [-0.2, -0.15) is 0 Å². The van der Waals surface area contributed by atoms with E-state index in [-0.39, 0.29) is 11.7 Å². The van der Waals surface area contributed by atoms with Crippen LogP contribution in [-0.4, -0.2) is 26.4 Å². The number of benzene rings is 2. The Bertz CT molecular complexity index is 1200. The Morgan fingerprint density at radius 3 is 2.72 bits per heavy atom. The molecular weight excluding hydrogens is 424 g/mol. The van der Waals surface area contributed by atoms with Crippen LogP contribution in [0, 0.1) is 6.92 Å². The molecule has 1 N–H and O–H groups in total. The summed E-state index contributed by atoms with van der Waals surface area (Å²) in [4.78, 5) is 12.4. The van der Waals surface area contributed by atoms with Crippen LogP contribution in [0.25, 0.3) is 11.6 Å². The van der Waals surface area contributed by atoms with E-state index in [0.29, 0.717) is 34.7 Å². The number of carbonyl (C=O) groups is 1. The van der Waals surface area contributed by atoms with Crippen LogP contribution in [-0.2, 0) is 11.3 Å². The number of nitrogens with zero attached hydrogens (tertiary/aromatic N) is 3. The largest absolute Gasteiger partial charge is 0.461 e. The van der Waals surface area contributed by atoms with E-state index in [1.165, 1.54) is 11.8 Å². The number of hydrogen-bond acceptors (Lipinski definition) is 6. The third-order valence-corrected chi connectivity index (χ3v) is 5.43. The van der Waals surface area contributed by atoms with Gasteiger partial charge >= 0.3 is 0 Å². The number of nitrogens with one attached hydrogen (secondary N) is 1. The SMILES string of the molecule is C=CCn1c(SCC(=O)Nc2ccc(Oc3cccc(C)c3)cc2)nnc1-c1ccco1. The fourth-order valence-corrected chi connectivity index (χ4v) is 3.77. The van der Waals surface area contributed by atoms with Crippen molar-refractivity contribution in [2.45, 2.75) is 18.6 Å². The molecule has 4 rings (SSSR count). The molecule has 0 aliphatic heterocycles. The molecule has 0 spiro atoms. The molecule has 1 amide bonds. The van der Waals surface area contributed by atoms with Crippen LogP contribution in [0.4, 0.5) is 5.69 Å². The van der Waals surface area contributed by atoms with Crippen molar-refractivity contribution in [3.05, 3.63) is 85.1 Å². The summed E-state index contributed by atoms with van der Waals surface area (Å²) in [7, 11) is 0. The van der Waals surface area contributed by atoms with E-state index in [0.717, 1.165) is 11.3 Å². The lowest BCUT2D eigenvalue weighted by Gasteiger charge is -2.09. The molecule has 32 heavy (non-hydrogen) atoms. The number of allylic oxidation sites excluding steroid dienone is 1. The Hall–Kier alpha value is -3.78. The van der Waals surface area contributed by atoms with Crippen molar-refractivity contribution in [3.8, 4) is 23.1 Å². The second-order valence-electron chi connectivity index (χ2n) is 6.96. The Labute approximate surface area is 190 Å². The van der Waals surface area contributed by atoms with Crippen molar-refractivity contribution in [1.82, 2.24) is 14.8 Å². The van der Waals surface area contributed by atoms with Gasteiger partial charge in [-0.05, 0) is 61.0 Å². The van der Waals surface area contributed by atoms with Crippen LogP contribution >= 0.6 is 11.8 Å². The maximum Gasteiger partial charge on any atom is 0.234 e. The molecule has 0 unspecified atom stereocenters. The molecule has 0 bridgehead atoms. The van der Waals surface area contributed by atoms with Gasteiger partial charge in [0.2, 0.25) is 11.7 Å². The quantitative estimate of drug-likeness (QED) is 0.268. The predicted molar refractivity (Wildman–Crippen MR) is 125 cm³/mol. The zero-order valence-corrected chi connectivity index (χ0v) is 18.3. The summed E-state index contributed by atoms with van der Waals surface area (Å²) in [6.07, 6.45) is 3.33. The van der Waals surface area contributed by atoms with Gasteiger partial charge in [0.05, 0.1) is 12.0 Å². The molecule has 0 aliphatic rings. The highest BCUT2D eigenvalue weighted by Gasteiger charge is 2.16. The van der Waals surface area contributed by atoms with Crippen LogP contribution in [0.1, 0.15) is 5.56 Å². The third-order valence-electron chi connectivity index (χ3n) is 4.47. The maximum absolute atomic E-state index is 12.4. The number of aryl methyl sites for hydroxylation is 1. The van der Waals surface area contributed by atoms with Crippen LogP contribution in [0.15, 0.2) is 89.2 Å². The van der Waals surface area contributed by atoms with Gasteiger partial charge in [0.1, 0.15) is 11.5 Å². The summed E-state index contributed by atoms with van der Waals surface area (Å²) in [5, 5.41) is 11.9. The molecule has 0 atom stereocenters. The van der Waals surface area contributed by atoms with Crippen molar-refractivity contribution < 1.29 is 13.9 Å². The van der Waals surface area contributed by atoms with E-state index in [1.807, 2.05) is 66.1 Å². The topological polar surface area (TPSA) is 82.2 Å². The van der Waals surface area contributed by atoms with Gasteiger partial charge < -0.3 is 14.5 Å². The van der Waals surface area contributed by atoms with Crippen molar-refractivity contribution in [2.24, 2.45) is 0 Å². The Morgan fingerprint density at radius 2 is 2.00 bits per heavy atom. The molecule has 0 aliphatic carbocycles. The standard InChI is InChI=1S/C24H22N4O3S/c1-3-13-28-23(21-8-5-14-30-21)26-27-24(28)32-16-22(29)25-18-9-11-19(12-10-18)31-20-7-4-6-17(2)15-20/h3-12,14-15H,1,13,16H2,2H3,(H,25,29). The van der Waals surface area contributed by atoms with Crippen molar-refractivity contribution in [2.75, 3.05) is 11.1 Å². The lowest BCUT2D eigenvalue weighted by Crippen LogP contribution is -2.14. The summed E-state index contributed by atoms with van der Waals surface area (Å²) < 4.78 is 13.1. The minimum absolute atomic E-state index is 0.143. The minimum Gasteiger partial charge on any atom is -0.461 e. The van der Waals surface area contributed by atoms with Crippen LogP contribution in [0.2, 0.25) is 0 Å². The van der Waals surface area contributed by atoms with Crippen molar-refractivity contribution in [1.29, 1.82) is 0 Å². The average Bonchev–Trinajstić information content (AvgIpc) is 3.44. The summed E-state index contributed by atoms with van der Waals surface area (Å²) in [5.74, 6) is 2.73. The van der Waals surface area contributed by atoms with Crippen molar-refractivity contribution in [3.63, 3.8) is 0 Å². The second-order valence-corrected chi connectivity index (χ2v) is 7.91. The fourth-order valence-electron chi connectivity index (χ4n) is 3.03. The van der Waals surface area contributed by atoms with Crippen molar-refractivity contribution >= 4 is 23.4 Å². The van der Waals surface area contributed by atoms with E-state index in [2.05, 4.69) is 22.1 Å². The number of amides is 1. The number of furan rings is 1. The highest BCUT2D eigenvalue weighted by Crippen LogP contribution is 2.26. The number of carbonyl (C=O) groups excluding carboxylic acids is 1. The molecule has 2 heterocycles. The Kier molecular flexibility index (Phi) is 6.72. The van der Waals surface area contributed by atoms with Crippen LogP contribution in [0.3, 0.4) is 0 Å². The monoisotopic (exact) mass is 446 g/mol. The molecule has 8 heteroatoms. The van der Waals surface area contributed by atoms with E-state index >= 15 is 0 Å². The minimum atomic E-state index is -0.143. The van der Waals surface area contributed by atoms with Crippen LogP contribution in [0.5, 0.6) is 11.5 Å². The van der Waals surface area contributed by atoms with Gasteiger partial charge in [-0.1, -0.05) is 30.0 Å². The van der Waals surface area contributed by atoms with Gasteiger partial charge in [-0.25, -0.2) is 0 Å². The molecular formula is C24H22N4O3S. The van der Waals surface area contributed by atoms with E-state index in [1.54, 1.807) is 18.4 Å². The van der Waals surface area contributed by atoms with Gasteiger partial charge in [0.25, 0.3) is 0 Å². The molecule has 0 radical (unpaired) electrons. The lowest BCUT2D eigenvalue weighted by molar-refractivity contribution is -0.113. The molecule has 2 aromatic heterocycles. The lowest BCUT2D eigenvalue weighted by atomic mass is 10.2. The number of hydrogen-bond donors (Lipinski definition) is 1. The number of aromatic nitrogens is 3. The Morgan fingerprint density at radius 1 is 1.16 bits per heavy atom. The average molecular weight is 447 g/mol. The van der Waals surface area contributed by atoms with Gasteiger partial charge in [-0.15, -0.1) is 16.8 Å². The molecule has 4 aromatic rings. The smallest absolute Gasteiger partial charge is 0.234 e. The number of rotatable bonds is 9. The first-order chi connectivity index (χ1) is 15.6. The van der Waals surface area contributed by atoms with Gasteiger partial charge in [0, 0.05) is 12.2 Å². The molecule has 162 valence electrons. The molecule has 0 fully saturated rings. The number of anilines is 1. The summed E-state index contributed by atoms with van der Waals surface area (Å²) >= 11 is 1.30. The van der Waals surface area contributed by atoms with Crippen LogP contribution < -0.4 is 10.1 Å². The molecule has 0 saturated carbocycles. The van der Waals surface area contributed by atoms with E-state index < -0.39 is 0 Å². The zero-order chi connectivity index (χ0) is 22.3. The maximum atomic E-state index is 12.4. The van der Waals surface area contributed by atoms with Gasteiger partial charge in [-0.3, -0.25) is 9.36 Å². The predicted octanol–water partition coefficient (Wildman–Crippen LogP) is 5.56. The first kappa shape index (κ1) is 21.5. The molecule has 7 nitrogen and oxygen atoms in total.